The monoisotopic (exact) mass is 64.1 g/mol. The highest BCUT2D eigenvalue weighted by molar-refractivity contribution is 4.22. The molecule has 0 bridgehead atoms. The molecule has 0 amide bonds. The highest BCUT2D eigenvalue weighted by Crippen LogP contribution is 0.862. The van der Waals surface area contributed by atoms with Crippen LogP contribution in [-0.4, -0.2) is 0 Å². The van der Waals surface area contributed by atoms with Gasteiger partial charge in [-0.15, -0.1) is 13.2 Å². The summed E-state index contributed by atoms with van der Waals surface area (Å²) in [7, 11) is 0. The van der Waals surface area contributed by atoms with E-state index in [1.54, 1.807) is 0 Å². The normalized spacial score (nSPS) is 1.00. The second-order valence-corrected chi connectivity index (χ2v) is 0. The first-order chi connectivity index (χ1) is 1.00. The third-order valence-corrected chi connectivity index (χ3v) is 0. The van der Waals surface area contributed by atoms with Gasteiger partial charge in [-0.3, -0.25) is 4.70 Å². The number of halogens is 1. The fourth-order valence-electron chi connectivity index (χ4n) is 0. The Balaban J connectivity index is -0.00000000500. The Morgan fingerprint density at radius 1 is 1.00 bits per heavy atom. The number of hydrogen-bond donors (Lipinski definition) is 0. The van der Waals surface area contributed by atoms with Crippen LogP contribution >= 0.6 is 0 Å². The largest absolute Gasteiger partial charge is 0.269 e. The molecule has 0 aliphatic heterocycles. The van der Waals surface area contributed by atoms with Gasteiger partial charge in [-0.1, -0.05) is 7.43 Å². The molecule has 0 aliphatic rings. The summed E-state index contributed by atoms with van der Waals surface area (Å²) >= 11 is 0. The van der Waals surface area contributed by atoms with E-state index in [1.165, 1.54) is 0 Å². The maximum atomic E-state index is 3.00. The molecule has 0 nitrogen and oxygen atoms in total. The van der Waals surface area contributed by atoms with E-state index in [1.807, 2.05) is 0 Å². The molecule has 1 heteroatoms. The van der Waals surface area contributed by atoms with Crippen molar-refractivity contribution in [3.05, 3.63) is 13.2 Å². The standard InChI is InChI=1S/C2H4.CH4.FH/c1-2;;/h1-2H2;1H4;1H. The van der Waals surface area contributed by atoms with Crippen LogP contribution < -0.4 is 0 Å². The Morgan fingerprint density at radius 2 is 1.00 bits per heavy atom. The minimum absolute atomic E-state index is 0. The maximum Gasteiger partial charge on any atom is -0.0776 e. The van der Waals surface area contributed by atoms with Crippen LogP contribution in [0.4, 0.5) is 4.70 Å². The van der Waals surface area contributed by atoms with Gasteiger partial charge in [0.15, 0.2) is 0 Å². The van der Waals surface area contributed by atoms with Gasteiger partial charge in [-0.2, -0.15) is 0 Å². The van der Waals surface area contributed by atoms with Crippen molar-refractivity contribution in [1.29, 1.82) is 0 Å². The highest BCUT2D eigenvalue weighted by Gasteiger charge is 0.601. The molecule has 0 N–H and O–H groups in total. The molecule has 0 spiro atoms. The fraction of sp³-hybridized carbons (Fsp3) is 0.333. The molecule has 0 unspecified atom stereocenters. The zero-order valence-corrected chi connectivity index (χ0v) is 1.82. The fourth-order valence-corrected chi connectivity index (χ4v) is 0. The molecule has 4 heavy (non-hydrogen) atoms. The Hall–Kier alpha value is -0.330. The Kier molecular flexibility index (Phi) is 996. The SMILES string of the molecule is C.C=C.F. The average molecular weight is 64.1 g/mol. The first-order valence-electron chi connectivity index (χ1n) is 0.500. The van der Waals surface area contributed by atoms with E-state index in [0.717, 1.165) is 0 Å². The Labute approximate surface area is 26.5 Å². The van der Waals surface area contributed by atoms with Crippen LogP contribution in [0.3, 0.4) is 0 Å². The van der Waals surface area contributed by atoms with Crippen molar-refractivity contribution in [3.8, 4) is 0 Å². The van der Waals surface area contributed by atoms with Gasteiger partial charge in [0, 0.05) is 0 Å². The summed E-state index contributed by atoms with van der Waals surface area (Å²) in [5.41, 5.74) is 0. The minimum atomic E-state index is 0. The molecular weight excluding hydrogens is 55.0 g/mol. The summed E-state index contributed by atoms with van der Waals surface area (Å²) in [6, 6.07) is 0. The maximum absolute atomic E-state index is 3.00. The Morgan fingerprint density at radius 3 is 1.00 bits per heavy atom. The minimum Gasteiger partial charge on any atom is -0.269 e. The van der Waals surface area contributed by atoms with E-state index in [9.17, 15) is 0 Å². The van der Waals surface area contributed by atoms with Crippen molar-refractivity contribution < 1.29 is 4.70 Å². The third-order valence-electron chi connectivity index (χ3n) is 0. The van der Waals surface area contributed by atoms with Gasteiger partial charge >= 0.3 is 0 Å². The van der Waals surface area contributed by atoms with E-state index in [2.05, 4.69) is 13.2 Å². The molecule has 0 aliphatic carbocycles. The lowest BCUT2D eigenvalue weighted by molar-refractivity contribution is 1.11. The summed E-state index contributed by atoms with van der Waals surface area (Å²) in [5, 5.41) is 0. The molecular formula is C3H9F. The summed E-state index contributed by atoms with van der Waals surface area (Å²) in [6.07, 6.45) is 0. The highest BCUT2D eigenvalue weighted by atomic mass is 19.0. The van der Waals surface area contributed by atoms with E-state index in [0.29, 0.717) is 0 Å². The number of hydrogen-bond acceptors (Lipinski definition) is 0. The summed E-state index contributed by atoms with van der Waals surface area (Å²) in [6.45, 7) is 6.00. The van der Waals surface area contributed by atoms with Crippen molar-refractivity contribution in [3.63, 3.8) is 0 Å². The van der Waals surface area contributed by atoms with Crippen molar-refractivity contribution in [2.45, 2.75) is 7.43 Å². The lowest BCUT2D eigenvalue weighted by atomic mass is 11.3. The molecule has 0 aromatic heterocycles. The van der Waals surface area contributed by atoms with Crippen molar-refractivity contribution in [2.24, 2.45) is 0 Å². The predicted octanol–water partition coefficient (Wildman–Crippen LogP) is 1.59. The average Bonchev–Trinajstić information content (AvgIpc) is 1.00. The number of rotatable bonds is 0. The van der Waals surface area contributed by atoms with E-state index in [-0.39, 0.29) is 12.1 Å². The van der Waals surface area contributed by atoms with Crippen LogP contribution in [0, 0.1) is 0 Å². The first kappa shape index (κ1) is 58.3. The van der Waals surface area contributed by atoms with Crippen LogP contribution in [-0.2, 0) is 0 Å². The van der Waals surface area contributed by atoms with Crippen LogP contribution in [0.25, 0.3) is 0 Å². The molecule has 28 valence electrons. The molecule has 0 aromatic carbocycles. The van der Waals surface area contributed by atoms with Crippen molar-refractivity contribution >= 4 is 0 Å². The van der Waals surface area contributed by atoms with E-state index in [4.69, 9.17) is 0 Å². The van der Waals surface area contributed by atoms with Gasteiger partial charge in [0.1, 0.15) is 0 Å². The predicted molar refractivity (Wildman–Crippen MR) is 20.5 cm³/mol. The Bertz CT molecular complexity index is 3.25. The zero-order chi connectivity index (χ0) is 2.00. The van der Waals surface area contributed by atoms with E-state index < -0.39 is 0 Å². The second kappa shape index (κ2) is 68.4. The van der Waals surface area contributed by atoms with E-state index >= 15 is 0 Å². The quantitative estimate of drug-likeness (QED) is 0.375. The summed E-state index contributed by atoms with van der Waals surface area (Å²) in [5.74, 6) is 0. The van der Waals surface area contributed by atoms with Gasteiger partial charge in [0.05, 0.1) is 0 Å². The first-order valence-corrected chi connectivity index (χ1v) is 0.500. The zero-order valence-electron chi connectivity index (χ0n) is 1.82. The summed E-state index contributed by atoms with van der Waals surface area (Å²) in [4.78, 5) is 0. The van der Waals surface area contributed by atoms with Crippen LogP contribution in [0.15, 0.2) is 13.2 Å². The summed E-state index contributed by atoms with van der Waals surface area (Å²) < 4.78 is 0. The molecule has 0 fully saturated rings. The molecule has 0 radical (unpaired) electrons. The van der Waals surface area contributed by atoms with Crippen LogP contribution in [0.2, 0.25) is 0 Å². The third kappa shape index (κ3) is 6.88. The molecule has 0 saturated heterocycles. The van der Waals surface area contributed by atoms with Gasteiger partial charge in [-0.25, -0.2) is 0 Å². The topological polar surface area (TPSA) is 0 Å². The van der Waals surface area contributed by atoms with Crippen LogP contribution in [0.1, 0.15) is 7.43 Å². The molecule has 0 saturated carbocycles. The lowest BCUT2D eigenvalue weighted by Crippen LogP contribution is -0.552. The van der Waals surface area contributed by atoms with Crippen LogP contribution in [0.5, 0.6) is 0 Å². The molecule has 0 heterocycles. The lowest BCUT2D eigenvalue weighted by Gasteiger charge is -0.813. The molecule has 0 atom stereocenters. The van der Waals surface area contributed by atoms with Gasteiger partial charge in [-0.05, 0) is 0 Å². The van der Waals surface area contributed by atoms with Gasteiger partial charge in [0.2, 0.25) is 0 Å². The van der Waals surface area contributed by atoms with Gasteiger partial charge in [0.25, 0.3) is 0 Å². The van der Waals surface area contributed by atoms with Gasteiger partial charge < -0.3 is 0 Å². The van der Waals surface area contributed by atoms with Crippen molar-refractivity contribution in [1.82, 2.24) is 0 Å². The van der Waals surface area contributed by atoms with Crippen molar-refractivity contribution in [2.75, 3.05) is 0 Å². The second-order valence-electron chi connectivity index (χ2n) is 0. The smallest absolute Gasteiger partial charge is 0.0776 e. The molecule has 0 aromatic rings. The molecule has 0 rings (SSSR count).